The summed E-state index contributed by atoms with van der Waals surface area (Å²) in [6.07, 6.45) is 4.91. The van der Waals surface area contributed by atoms with E-state index in [1.54, 1.807) is 0 Å². The van der Waals surface area contributed by atoms with E-state index in [0.29, 0.717) is 5.92 Å². The topological polar surface area (TPSA) is 20.2 Å². The number of aliphatic hydroxyl groups is 1. The molecule has 92 valence electrons. The average molecular weight is 230 g/mol. The van der Waals surface area contributed by atoms with Gasteiger partial charge in [-0.3, -0.25) is 0 Å². The maximum atomic E-state index is 10.2. The summed E-state index contributed by atoms with van der Waals surface area (Å²) in [6, 6.07) is 8.62. The van der Waals surface area contributed by atoms with Crippen LogP contribution in [0.1, 0.15) is 37.3 Å². The molecule has 1 aromatic carbocycles. The largest absolute Gasteiger partial charge is 0.393 e. The second-order valence-electron chi connectivity index (χ2n) is 5.33. The van der Waals surface area contributed by atoms with Gasteiger partial charge in [0.2, 0.25) is 0 Å². The van der Waals surface area contributed by atoms with Gasteiger partial charge in [0.05, 0.1) is 6.10 Å². The van der Waals surface area contributed by atoms with Crippen LogP contribution in [0.15, 0.2) is 36.4 Å². The van der Waals surface area contributed by atoms with Gasteiger partial charge in [-0.25, -0.2) is 0 Å². The lowest BCUT2D eigenvalue weighted by Crippen LogP contribution is -2.26. The van der Waals surface area contributed by atoms with Crippen molar-refractivity contribution in [1.82, 2.24) is 0 Å². The molecule has 0 saturated carbocycles. The molecular weight excluding hydrogens is 208 g/mol. The Bertz CT molecular complexity index is 394. The van der Waals surface area contributed by atoms with Gasteiger partial charge in [-0.2, -0.15) is 0 Å². The van der Waals surface area contributed by atoms with Crippen LogP contribution in [0, 0.1) is 5.92 Å². The Morgan fingerprint density at radius 3 is 2.82 bits per heavy atom. The number of aryl methyl sites for hydroxylation is 1. The van der Waals surface area contributed by atoms with Gasteiger partial charge in [-0.1, -0.05) is 29.8 Å². The van der Waals surface area contributed by atoms with E-state index in [9.17, 15) is 5.11 Å². The molecule has 2 unspecified atom stereocenters. The standard InChI is InChI=1S/C16H22O/c1-12(2)7-10-16(17)15-9-8-13-5-3-4-6-14(13)11-15/h3-6,15-17H,1,7-11H2,2H3. The highest BCUT2D eigenvalue weighted by molar-refractivity contribution is 5.29. The number of rotatable bonds is 4. The zero-order valence-corrected chi connectivity index (χ0v) is 10.7. The molecule has 1 N–H and O–H groups in total. The Balaban J connectivity index is 1.95. The minimum absolute atomic E-state index is 0.167. The van der Waals surface area contributed by atoms with Crippen molar-refractivity contribution >= 4 is 0 Å². The van der Waals surface area contributed by atoms with E-state index < -0.39 is 0 Å². The molecule has 1 aliphatic rings. The molecule has 0 saturated heterocycles. The lowest BCUT2D eigenvalue weighted by molar-refractivity contribution is 0.0911. The van der Waals surface area contributed by atoms with E-state index in [-0.39, 0.29) is 6.10 Å². The molecular formula is C16H22O. The Morgan fingerprint density at radius 2 is 2.12 bits per heavy atom. The third-order valence-corrected chi connectivity index (χ3v) is 3.80. The Morgan fingerprint density at radius 1 is 1.41 bits per heavy atom. The van der Waals surface area contributed by atoms with Crippen LogP contribution < -0.4 is 0 Å². The van der Waals surface area contributed by atoms with Crippen LogP contribution in [0.3, 0.4) is 0 Å². The highest BCUT2D eigenvalue weighted by Gasteiger charge is 2.24. The van der Waals surface area contributed by atoms with E-state index in [1.807, 2.05) is 6.92 Å². The highest BCUT2D eigenvalue weighted by Crippen LogP contribution is 2.29. The van der Waals surface area contributed by atoms with Crippen LogP contribution in [0.4, 0.5) is 0 Å². The number of allylic oxidation sites excluding steroid dienone is 1. The van der Waals surface area contributed by atoms with Gasteiger partial charge in [-0.15, -0.1) is 6.58 Å². The van der Waals surface area contributed by atoms with Gasteiger partial charge >= 0.3 is 0 Å². The summed E-state index contributed by atoms with van der Waals surface area (Å²) in [4.78, 5) is 0. The van der Waals surface area contributed by atoms with E-state index in [2.05, 4.69) is 30.8 Å². The maximum Gasteiger partial charge on any atom is 0.0574 e. The molecule has 0 bridgehead atoms. The summed E-state index contributed by atoms with van der Waals surface area (Å²) in [7, 11) is 0. The smallest absolute Gasteiger partial charge is 0.0574 e. The zero-order chi connectivity index (χ0) is 12.3. The molecule has 0 heterocycles. The van der Waals surface area contributed by atoms with Crippen molar-refractivity contribution < 1.29 is 5.11 Å². The molecule has 1 aliphatic carbocycles. The van der Waals surface area contributed by atoms with Crippen LogP contribution in [0.25, 0.3) is 0 Å². The molecule has 0 spiro atoms. The van der Waals surface area contributed by atoms with Crippen LogP contribution in [0.2, 0.25) is 0 Å². The highest BCUT2D eigenvalue weighted by atomic mass is 16.3. The second kappa shape index (κ2) is 5.50. The number of benzene rings is 1. The van der Waals surface area contributed by atoms with E-state index in [4.69, 9.17) is 0 Å². The van der Waals surface area contributed by atoms with Crippen LogP contribution in [-0.2, 0) is 12.8 Å². The number of aliphatic hydroxyl groups excluding tert-OH is 1. The average Bonchev–Trinajstić information content (AvgIpc) is 2.35. The third kappa shape index (κ3) is 3.19. The first-order valence-electron chi connectivity index (χ1n) is 6.56. The third-order valence-electron chi connectivity index (χ3n) is 3.80. The normalized spacial score (nSPS) is 20.7. The SMILES string of the molecule is C=C(C)CCC(O)C1CCc2ccccc2C1. The van der Waals surface area contributed by atoms with Crippen molar-refractivity contribution in [3.05, 3.63) is 47.5 Å². The predicted molar refractivity (Wildman–Crippen MR) is 72.0 cm³/mol. The van der Waals surface area contributed by atoms with Crippen LogP contribution in [0.5, 0.6) is 0 Å². The quantitative estimate of drug-likeness (QED) is 0.785. The molecule has 1 heteroatoms. The predicted octanol–water partition coefficient (Wildman–Crippen LogP) is 3.51. The number of hydrogen-bond acceptors (Lipinski definition) is 1. The molecule has 0 radical (unpaired) electrons. The summed E-state index contributed by atoms with van der Waals surface area (Å²) >= 11 is 0. The monoisotopic (exact) mass is 230 g/mol. The number of hydrogen-bond donors (Lipinski definition) is 1. The van der Waals surface area contributed by atoms with E-state index >= 15 is 0 Å². The van der Waals surface area contributed by atoms with Crippen molar-refractivity contribution in [2.24, 2.45) is 5.92 Å². The van der Waals surface area contributed by atoms with Gasteiger partial charge < -0.3 is 5.11 Å². The van der Waals surface area contributed by atoms with Crippen molar-refractivity contribution in [1.29, 1.82) is 0 Å². The van der Waals surface area contributed by atoms with E-state index in [0.717, 1.165) is 32.1 Å². The molecule has 0 fully saturated rings. The fourth-order valence-electron chi connectivity index (χ4n) is 2.68. The fraction of sp³-hybridized carbons (Fsp3) is 0.500. The molecule has 2 atom stereocenters. The minimum Gasteiger partial charge on any atom is -0.393 e. The van der Waals surface area contributed by atoms with Crippen molar-refractivity contribution in [2.75, 3.05) is 0 Å². The van der Waals surface area contributed by atoms with Crippen molar-refractivity contribution in [2.45, 2.75) is 45.1 Å². The summed E-state index contributed by atoms with van der Waals surface area (Å²) in [5.74, 6) is 0.434. The summed E-state index contributed by atoms with van der Waals surface area (Å²) in [5, 5.41) is 10.2. The summed E-state index contributed by atoms with van der Waals surface area (Å²) in [5.41, 5.74) is 4.06. The van der Waals surface area contributed by atoms with Crippen molar-refractivity contribution in [3.8, 4) is 0 Å². The lowest BCUT2D eigenvalue weighted by atomic mass is 9.80. The second-order valence-corrected chi connectivity index (χ2v) is 5.33. The lowest BCUT2D eigenvalue weighted by Gasteiger charge is -2.28. The molecule has 0 aliphatic heterocycles. The van der Waals surface area contributed by atoms with E-state index in [1.165, 1.54) is 16.7 Å². The molecule has 1 nitrogen and oxygen atoms in total. The minimum atomic E-state index is -0.167. The van der Waals surface area contributed by atoms with Gasteiger partial charge in [0.1, 0.15) is 0 Å². The molecule has 1 aromatic rings. The first kappa shape index (κ1) is 12.4. The maximum absolute atomic E-state index is 10.2. The molecule has 0 aromatic heterocycles. The molecule has 2 rings (SSSR count). The van der Waals surface area contributed by atoms with Crippen LogP contribution >= 0.6 is 0 Å². The molecule has 17 heavy (non-hydrogen) atoms. The molecule has 0 amide bonds. The first-order chi connectivity index (χ1) is 8.16. The van der Waals surface area contributed by atoms with Crippen molar-refractivity contribution in [3.63, 3.8) is 0 Å². The zero-order valence-electron chi connectivity index (χ0n) is 10.7. The summed E-state index contributed by atoms with van der Waals surface area (Å²) in [6.45, 7) is 5.93. The van der Waals surface area contributed by atoms with Gasteiger partial charge in [0.25, 0.3) is 0 Å². The number of fused-ring (bicyclic) bond motifs is 1. The Hall–Kier alpha value is -1.08. The van der Waals surface area contributed by atoms with Gasteiger partial charge in [0, 0.05) is 0 Å². The fourth-order valence-corrected chi connectivity index (χ4v) is 2.68. The summed E-state index contributed by atoms with van der Waals surface area (Å²) < 4.78 is 0. The van der Waals surface area contributed by atoms with Crippen LogP contribution in [-0.4, -0.2) is 11.2 Å². The van der Waals surface area contributed by atoms with Gasteiger partial charge in [-0.05, 0) is 56.1 Å². The van der Waals surface area contributed by atoms with Gasteiger partial charge in [0.15, 0.2) is 0 Å². The Kier molecular flexibility index (Phi) is 4.01. The Labute approximate surface area is 104 Å². The first-order valence-corrected chi connectivity index (χ1v) is 6.56.